The van der Waals surface area contributed by atoms with Gasteiger partial charge in [-0.05, 0) is 38.5 Å². The summed E-state index contributed by atoms with van der Waals surface area (Å²) in [4.78, 5) is 7.94. The van der Waals surface area contributed by atoms with E-state index in [0.717, 1.165) is 5.56 Å². The largest absolute Gasteiger partial charge is 0.421 e. The first-order valence-corrected chi connectivity index (χ1v) is 9.07. The summed E-state index contributed by atoms with van der Waals surface area (Å²) in [5, 5.41) is 2.19. The van der Waals surface area contributed by atoms with E-state index in [4.69, 9.17) is 11.6 Å². The topological polar surface area (TPSA) is 37.3 Å². The maximum atomic E-state index is 13.9. The third-order valence-corrected chi connectivity index (χ3v) is 4.12. The third kappa shape index (κ3) is 5.96. The van der Waals surface area contributed by atoms with E-state index >= 15 is 0 Å². The molecule has 7 heteroatoms. The van der Waals surface area contributed by atoms with Crippen LogP contribution in [-0.4, -0.2) is 16.9 Å². The highest BCUT2D eigenvalue weighted by Gasteiger charge is 2.39. The number of alkyl halides is 3. The Labute approximate surface area is 167 Å². The zero-order chi connectivity index (χ0) is 20.7. The van der Waals surface area contributed by atoms with Crippen molar-refractivity contribution >= 4 is 23.0 Å². The molecule has 0 spiro atoms. The van der Waals surface area contributed by atoms with Gasteiger partial charge in [0.05, 0.1) is 0 Å². The van der Waals surface area contributed by atoms with Crippen LogP contribution >= 0.6 is 11.6 Å². The summed E-state index contributed by atoms with van der Waals surface area (Å²) < 4.78 is 41.6. The third-order valence-electron chi connectivity index (χ3n) is 3.84. The molecule has 0 bridgehead atoms. The number of pyridine rings is 1. The molecule has 0 fully saturated rings. The second kappa shape index (κ2) is 9.55. The molecular formula is C21H21ClF3N3. The lowest BCUT2D eigenvalue weighted by molar-refractivity contribution is -0.0896. The Morgan fingerprint density at radius 3 is 2.43 bits per heavy atom. The van der Waals surface area contributed by atoms with Crippen LogP contribution in [0.2, 0.25) is 0 Å². The summed E-state index contributed by atoms with van der Waals surface area (Å²) in [5.41, 5.74) is 1.32. The van der Waals surface area contributed by atoms with Crippen LogP contribution in [0.1, 0.15) is 31.4 Å². The second-order valence-electron chi connectivity index (χ2n) is 6.12. The van der Waals surface area contributed by atoms with E-state index in [2.05, 4.69) is 15.3 Å². The molecule has 2 rings (SSSR count). The van der Waals surface area contributed by atoms with Gasteiger partial charge in [0.15, 0.2) is 0 Å². The number of hydrogen-bond acceptors (Lipinski definition) is 3. The lowest BCUT2D eigenvalue weighted by Crippen LogP contribution is -2.19. The molecule has 0 aliphatic heterocycles. The van der Waals surface area contributed by atoms with Crippen LogP contribution in [0.4, 0.5) is 18.9 Å². The molecule has 0 saturated heterocycles. The van der Waals surface area contributed by atoms with E-state index < -0.39 is 16.9 Å². The zero-order valence-electron chi connectivity index (χ0n) is 15.8. The number of aliphatic imine (C=N–C) groups is 1. The van der Waals surface area contributed by atoms with Gasteiger partial charge < -0.3 is 5.32 Å². The van der Waals surface area contributed by atoms with Crippen molar-refractivity contribution < 1.29 is 13.2 Å². The van der Waals surface area contributed by atoms with Crippen LogP contribution in [0, 0.1) is 6.92 Å². The van der Waals surface area contributed by atoms with Crippen LogP contribution in [0.5, 0.6) is 0 Å². The van der Waals surface area contributed by atoms with Gasteiger partial charge in [-0.2, -0.15) is 13.2 Å². The van der Waals surface area contributed by atoms with Crippen LogP contribution < -0.4 is 5.32 Å². The first-order chi connectivity index (χ1) is 13.2. The first kappa shape index (κ1) is 21.7. The van der Waals surface area contributed by atoms with Crippen molar-refractivity contribution in [3.63, 3.8) is 0 Å². The average Bonchev–Trinajstić information content (AvgIpc) is 2.63. The minimum atomic E-state index is -4.69. The fraction of sp³-hybridized carbons (Fsp3) is 0.238. The van der Waals surface area contributed by atoms with E-state index in [9.17, 15) is 13.2 Å². The maximum Gasteiger partial charge on any atom is 0.421 e. The molecule has 0 aliphatic rings. The van der Waals surface area contributed by atoms with Crippen molar-refractivity contribution in [1.29, 1.82) is 0 Å². The molecule has 0 atom stereocenters. The zero-order valence-corrected chi connectivity index (χ0v) is 16.6. The Morgan fingerprint density at radius 2 is 1.89 bits per heavy atom. The molecule has 148 valence electrons. The highest BCUT2D eigenvalue weighted by Crippen LogP contribution is 2.36. The lowest BCUT2D eigenvalue weighted by Gasteiger charge is -2.18. The van der Waals surface area contributed by atoms with Gasteiger partial charge in [0.1, 0.15) is 10.7 Å². The van der Waals surface area contributed by atoms with Crippen molar-refractivity contribution in [3.8, 4) is 0 Å². The van der Waals surface area contributed by atoms with Crippen molar-refractivity contribution in [2.75, 3.05) is 5.32 Å². The average molecular weight is 408 g/mol. The highest BCUT2D eigenvalue weighted by molar-refractivity contribution is 6.31. The standard InChI is InChI=1S/C21H21ClF3N3/c1-4-6-18(28-17-10-8-14(2)9-11-17)19(21(23,24)25)20(22)27-15(3)16-7-5-12-26-13-16/h5-13,28H,4H2,1-3H3/b18-6-,20-19+,27-15?. The molecule has 1 aromatic carbocycles. The van der Waals surface area contributed by atoms with Gasteiger partial charge in [-0.1, -0.05) is 48.4 Å². The highest BCUT2D eigenvalue weighted by atomic mass is 35.5. The molecule has 0 radical (unpaired) electrons. The Balaban J connectivity index is 2.50. The molecule has 1 N–H and O–H groups in total. The lowest BCUT2D eigenvalue weighted by atomic mass is 10.1. The van der Waals surface area contributed by atoms with Gasteiger partial charge in [0, 0.05) is 35.1 Å². The number of anilines is 1. The van der Waals surface area contributed by atoms with Crippen molar-refractivity contribution in [2.24, 2.45) is 4.99 Å². The van der Waals surface area contributed by atoms with Crippen LogP contribution in [0.25, 0.3) is 0 Å². The number of rotatable bonds is 6. The molecule has 28 heavy (non-hydrogen) atoms. The smallest absolute Gasteiger partial charge is 0.355 e. The molecular weight excluding hydrogens is 387 g/mol. The summed E-state index contributed by atoms with van der Waals surface area (Å²) in [6.07, 6.45) is 0.240. The summed E-state index contributed by atoms with van der Waals surface area (Å²) in [7, 11) is 0. The van der Waals surface area contributed by atoms with Crippen LogP contribution in [0.15, 0.2) is 76.3 Å². The Morgan fingerprint density at radius 1 is 1.21 bits per heavy atom. The summed E-state index contributed by atoms with van der Waals surface area (Å²) >= 11 is 6.07. The number of allylic oxidation sites excluding steroid dienone is 2. The molecule has 3 nitrogen and oxygen atoms in total. The quantitative estimate of drug-likeness (QED) is 0.332. The minimum absolute atomic E-state index is 0.133. The Bertz CT molecular complexity index is 883. The normalized spacial score (nSPS) is 14.0. The number of aromatic nitrogens is 1. The molecule has 1 aromatic heterocycles. The van der Waals surface area contributed by atoms with Gasteiger partial charge >= 0.3 is 6.18 Å². The SMILES string of the molecule is CC/C=C(Nc1ccc(C)cc1)/C(=C(/Cl)N=C(C)c1cccnc1)C(F)(F)F. The maximum absolute atomic E-state index is 13.9. The number of hydrogen-bond donors (Lipinski definition) is 1. The van der Waals surface area contributed by atoms with E-state index in [0.29, 0.717) is 23.4 Å². The molecule has 1 heterocycles. The van der Waals surface area contributed by atoms with Crippen molar-refractivity contribution in [2.45, 2.75) is 33.4 Å². The first-order valence-electron chi connectivity index (χ1n) is 8.69. The number of aryl methyl sites for hydroxylation is 1. The monoisotopic (exact) mass is 407 g/mol. The molecule has 2 aromatic rings. The summed E-state index contributed by atoms with van der Waals surface area (Å²) in [6, 6.07) is 10.4. The number of nitrogens with one attached hydrogen (secondary N) is 1. The van der Waals surface area contributed by atoms with E-state index in [1.807, 2.05) is 19.1 Å². The van der Waals surface area contributed by atoms with Gasteiger partial charge in [0.25, 0.3) is 0 Å². The van der Waals surface area contributed by atoms with Crippen LogP contribution in [0.3, 0.4) is 0 Å². The van der Waals surface area contributed by atoms with E-state index in [1.165, 1.54) is 12.3 Å². The predicted molar refractivity (Wildman–Crippen MR) is 109 cm³/mol. The van der Waals surface area contributed by atoms with Gasteiger partial charge in [0.2, 0.25) is 0 Å². The molecule has 0 aliphatic carbocycles. The predicted octanol–water partition coefficient (Wildman–Crippen LogP) is 6.62. The summed E-state index contributed by atoms with van der Waals surface area (Å²) in [6.45, 7) is 5.24. The van der Waals surface area contributed by atoms with Gasteiger partial charge in [-0.3, -0.25) is 4.98 Å². The van der Waals surface area contributed by atoms with E-state index in [-0.39, 0.29) is 5.70 Å². The number of nitrogens with zero attached hydrogens (tertiary/aromatic N) is 2. The number of halogens is 4. The van der Waals surface area contributed by atoms with Crippen molar-refractivity contribution in [1.82, 2.24) is 4.98 Å². The Hall–Kier alpha value is -2.60. The van der Waals surface area contributed by atoms with Gasteiger partial charge in [-0.15, -0.1) is 0 Å². The Kier molecular flexibility index (Phi) is 7.40. The molecule has 0 unspecified atom stereocenters. The minimum Gasteiger partial charge on any atom is -0.355 e. The summed E-state index contributed by atoms with van der Waals surface area (Å²) in [5.74, 6) is 0. The van der Waals surface area contributed by atoms with Crippen molar-refractivity contribution in [3.05, 3.63) is 82.4 Å². The second-order valence-corrected chi connectivity index (χ2v) is 6.48. The van der Waals surface area contributed by atoms with E-state index in [1.54, 1.807) is 44.3 Å². The molecule has 0 amide bonds. The fourth-order valence-corrected chi connectivity index (χ4v) is 2.77. The molecule has 0 saturated carbocycles. The van der Waals surface area contributed by atoms with Crippen LogP contribution in [-0.2, 0) is 0 Å². The fourth-order valence-electron chi connectivity index (χ4n) is 2.44. The number of benzene rings is 1. The van der Waals surface area contributed by atoms with Gasteiger partial charge in [-0.25, -0.2) is 4.99 Å².